The number of Topliss-reactive ketones (excluding diaryl/α,β-unsaturated/α-hetero) is 1. The summed E-state index contributed by atoms with van der Waals surface area (Å²) in [6.45, 7) is 2.32. The summed E-state index contributed by atoms with van der Waals surface area (Å²) >= 11 is 0. The molecule has 0 saturated carbocycles. The number of rotatable bonds is 5. The second-order valence-electron chi connectivity index (χ2n) is 3.09. The van der Waals surface area contributed by atoms with Crippen molar-refractivity contribution >= 4 is 5.78 Å². The van der Waals surface area contributed by atoms with E-state index >= 15 is 0 Å². The Morgan fingerprint density at radius 2 is 1.94 bits per heavy atom. The largest absolute Gasteiger partial charge is 0.381 e. The van der Waals surface area contributed by atoms with Gasteiger partial charge in [-0.05, 0) is 19.1 Å². The molecular formula is C11H11F3O2. The van der Waals surface area contributed by atoms with Crippen LogP contribution >= 0.6 is 0 Å². The number of carbonyl (C=O) groups excluding carboxylic acids is 1. The average molecular weight is 232 g/mol. The molecule has 0 atom stereocenters. The van der Waals surface area contributed by atoms with Crippen molar-refractivity contribution in [3.8, 4) is 0 Å². The molecule has 0 heterocycles. The molecule has 5 heteroatoms. The Bertz CT molecular complexity index is 391. The molecule has 0 aromatic heterocycles. The van der Waals surface area contributed by atoms with Crippen LogP contribution in [0, 0.1) is 17.5 Å². The normalized spacial score (nSPS) is 10.5. The maximum atomic E-state index is 13.1. The minimum atomic E-state index is -1.62. The fraction of sp³-hybridized carbons (Fsp3) is 0.364. The zero-order valence-electron chi connectivity index (χ0n) is 8.73. The van der Waals surface area contributed by atoms with Crippen LogP contribution < -0.4 is 0 Å². The number of hydrogen-bond donors (Lipinski definition) is 0. The molecule has 0 saturated heterocycles. The topological polar surface area (TPSA) is 26.3 Å². The zero-order chi connectivity index (χ0) is 12.1. The lowest BCUT2D eigenvalue weighted by molar-refractivity contribution is 0.0891. The molecule has 0 N–H and O–H groups in total. The third-order valence-corrected chi connectivity index (χ3v) is 2.01. The molecule has 0 amide bonds. The summed E-state index contributed by atoms with van der Waals surface area (Å²) < 4.78 is 43.4. The van der Waals surface area contributed by atoms with Crippen molar-refractivity contribution in [3.63, 3.8) is 0 Å². The number of ketones is 1. The lowest BCUT2D eigenvalue weighted by atomic mass is 10.1. The second-order valence-corrected chi connectivity index (χ2v) is 3.09. The van der Waals surface area contributed by atoms with Crippen LogP contribution in [0.1, 0.15) is 23.7 Å². The Hall–Kier alpha value is -1.36. The molecule has 0 fully saturated rings. The van der Waals surface area contributed by atoms with E-state index in [0.29, 0.717) is 6.61 Å². The van der Waals surface area contributed by atoms with E-state index in [1.165, 1.54) is 0 Å². The smallest absolute Gasteiger partial charge is 0.195 e. The number of benzene rings is 1. The van der Waals surface area contributed by atoms with Crippen LogP contribution in [0.25, 0.3) is 0 Å². The van der Waals surface area contributed by atoms with Gasteiger partial charge in [0.25, 0.3) is 0 Å². The standard InChI is InChI=1S/C11H11F3O2/c1-2-16-6-5-9(15)7-3-4-8(12)11(14)10(7)13/h3-4H,2,5-6H2,1H3. The number of hydrogen-bond acceptors (Lipinski definition) is 2. The monoisotopic (exact) mass is 232 g/mol. The Morgan fingerprint density at radius 1 is 1.25 bits per heavy atom. The summed E-state index contributed by atoms with van der Waals surface area (Å²) in [6, 6.07) is 1.66. The molecule has 1 rings (SSSR count). The number of halogens is 3. The van der Waals surface area contributed by atoms with Gasteiger partial charge in [0.1, 0.15) is 0 Å². The van der Waals surface area contributed by atoms with E-state index in [0.717, 1.165) is 12.1 Å². The van der Waals surface area contributed by atoms with Gasteiger partial charge in [-0.2, -0.15) is 0 Å². The van der Waals surface area contributed by atoms with Gasteiger partial charge < -0.3 is 4.74 Å². The highest BCUT2D eigenvalue weighted by molar-refractivity contribution is 5.96. The fourth-order valence-corrected chi connectivity index (χ4v) is 1.19. The summed E-state index contributed by atoms with van der Waals surface area (Å²) in [6.07, 6.45) is -0.0597. The molecule has 0 bridgehead atoms. The first-order chi connectivity index (χ1) is 7.57. The van der Waals surface area contributed by atoms with Crippen molar-refractivity contribution < 1.29 is 22.7 Å². The lowest BCUT2D eigenvalue weighted by Gasteiger charge is -2.04. The first-order valence-electron chi connectivity index (χ1n) is 4.82. The van der Waals surface area contributed by atoms with E-state index in [4.69, 9.17) is 4.74 Å². The zero-order valence-corrected chi connectivity index (χ0v) is 8.73. The van der Waals surface area contributed by atoms with Gasteiger partial charge in [0.05, 0.1) is 12.2 Å². The number of ether oxygens (including phenoxy) is 1. The summed E-state index contributed by atoms with van der Waals surface area (Å²) in [5, 5.41) is 0. The summed E-state index contributed by atoms with van der Waals surface area (Å²) in [5.41, 5.74) is -0.446. The molecule has 0 aliphatic rings. The minimum Gasteiger partial charge on any atom is -0.381 e. The van der Waals surface area contributed by atoms with Gasteiger partial charge in [0.2, 0.25) is 0 Å². The molecular weight excluding hydrogens is 221 g/mol. The third-order valence-electron chi connectivity index (χ3n) is 2.01. The predicted molar refractivity (Wildman–Crippen MR) is 51.8 cm³/mol. The minimum absolute atomic E-state index is 0.0597. The molecule has 1 aromatic rings. The van der Waals surface area contributed by atoms with Crippen LogP contribution in [0.2, 0.25) is 0 Å². The molecule has 2 nitrogen and oxygen atoms in total. The molecule has 0 aliphatic heterocycles. The Morgan fingerprint density at radius 3 is 2.56 bits per heavy atom. The van der Waals surface area contributed by atoms with Crippen molar-refractivity contribution in [2.75, 3.05) is 13.2 Å². The molecule has 0 radical (unpaired) electrons. The molecule has 1 aromatic carbocycles. The highest BCUT2D eigenvalue weighted by Crippen LogP contribution is 2.16. The van der Waals surface area contributed by atoms with E-state index in [1.54, 1.807) is 6.92 Å². The quantitative estimate of drug-likeness (QED) is 0.443. The van der Waals surface area contributed by atoms with Crippen LogP contribution in [-0.2, 0) is 4.74 Å². The Balaban J connectivity index is 2.80. The van der Waals surface area contributed by atoms with Crippen LogP contribution in [0.4, 0.5) is 13.2 Å². The lowest BCUT2D eigenvalue weighted by Crippen LogP contribution is -2.09. The van der Waals surface area contributed by atoms with Crippen molar-refractivity contribution in [3.05, 3.63) is 35.1 Å². The van der Waals surface area contributed by atoms with E-state index in [2.05, 4.69) is 0 Å². The average Bonchev–Trinajstić information content (AvgIpc) is 2.26. The van der Waals surface area contributed by atoms with Crippen molar-refractivity contribution in [1.82, 2.24) is 0 Å². The van der Waals surface area contributed by atoms with Gasteiger partial charge in [0, 0.05) is 13.0 Å². The fourth-order valence-electron chi connectivity index (χ4n) is 1.19. The van der Waals surface area contributed by atoms with Gasteiger partial charge in [-0.3, -0.25) is 4.79 Å². The molecule has 0 unspecified atom stereocenters. The Labute approximate surface area is 91.0 Å². The van der Waals surface area contributed by atoms with Crippen molar-refractivity contribution in [2.45, 2.75) is 13.3 Å². The SMILES string of the molecule is CCOCCC(=O)c1ccc(F)c(F)c1F. The molecule has 88 valence electrons. The summed E-state index contributed by atoms with van der Waals surface area (Å²) in [7, 11) is 0. The summed E-state index contributed by atoms with van der Waals surface area (Å²) in [4.78, 5) is 11.4. The Kier molecular flexibility index (Phi) is 4.49. The van der Waals surface area contributed by atoms with Gasteiger partial charge in [-0.1, -0.05) is 0 Å². The highest BCUT2D eigenvalue weighted by Gasteiger charge is 2.18. The van der Waals surface area contributed by atoms with Gasteiger partial charge in [-0.25, -0.2) is 13.2 Å². The highest BCUT2D eigenvalue weighted by atomic mass is 19.2. The van der Waals surface area contributed by atoms with Crippen molar-refractivity contribution in [1.29, 1.82) is 0 Å². The molecule has 0 aliphatic carbocycles. The first-order valence-corrected chi connectivity index (χ1v) is 4.82. The van der Waals surface area contributed by atoms with Crippen molar-refractivity contribution in [2.24, 2.45) is 0 Å². The van der Waals surface area contributed by atoms with Gasteiger partial charge in [0.15, 0.2) is 23.2 Å². The first kappa shape index (κ1) is 12.7. The summed E-state index contributed by atoms with van der Waals surface area (Å²) in [5.74, 6) is -4.98. The molecule has 0 spiro atoms. The van der Waals surface area contributed by atoms with Crippen LogP contribution in [-0.4, -0.2) is 19.0 Å². The maximum absolute atomic E-state index is 13.1. The van der Waals surface area contributed by atoms with Gasteiger partial charge >= 0.3 is 0 Å². The maximum Gasteiger partial charge on any atom is 0.195 e. The molecule has 16 heavy (non-hydrogen) atoms. The van der Waals surface area contributed by atoms with Crippen LogP contribution in [0.5, 0.6) is 0 Å². The van der Waals surface area contributed by atoms with Crippen LogP contribution in [0.3, 0.4) is 0 Å². The van der Waals surface area contributed by atoms with E-state index in [1.807, 2.05) is 0 Å². The second kappa shape index (κ2) is 5.65. The van der Waals surface area contributed by atoms with E-state index in [9.17, 15) is 18.0 Å². The number of carbonyl (C=O) groups is 1. The van der Waals surface area contributed by atoms with Gasteiger partial charge in [-0.15, -0.1) is 0 Å². The predicted octanol–water partition coefficient (Wildman–Crippen LogP) is 2.71. The van der Waals surface area contributed by atoms with Crippen LogP contribution in [0.15, 0.2) is 12.1 Å². The van der Waals surface area contributed by atoms with E-state index in [-0.39, 0.29) is 13.0 Å². The van der Waals surface area contributed by atoms with E-state index < -0.39 is 28.8 Å². The third kappa shape index (κ3) is 2.82.